The maximum absolute atomic E-state index is 12.7. The summed E-state index contributed by atoms with van der Waals surface area (Å²) < 4.78 is 28.2. The Balaban J connectivity index is 1.63. The minimum absolute atomic E-state index is 0.0108. The van der Waals surface area contributed by atoms with Gasteiger partial charge in [0.25, 0.3) is 0 Å². The van der Waals surface area contributed by atoms with Gasteiger partial charge in [0.05, 0.1) is 39.7 Å². The summed E-state index contributed by atoms with van der Waals surface area (Å²) in [7, 11) is 2.50. The summed E-state index contributed by atoms with van der Waals surface area (Å²) in [6.07, 6.45) is 1.29. The summed E-state index contributed by atoms with van der Waals surface area (Å²) in [6.45, 7) is 1.84. The standard InChI is InChI=1S/C25H26N2O7/c1-30-24(28)21-22(26-27(23(21)25(29)31-2)18-7-4-3-5-8-18)17-9-11-19(12-10-17)32-16-13-20-33-14-6-15-34-20/h3-5,7-12,20H,6,13-16H2,1-2H3. The summed E-state index contributed by atoms with van der Waals surface area (Å²) >= 11 is 0. The lowest BCUT2D eigenvalue weighted by atomic mass is 10.1. The maximum Gasteiger partial charge on any atom is 0.357 e. The minimum Gasteiger partial charge on any atom is -0.493 e. The van der Waals surface area contributed by atoms with Crippen molar-refractivity contribution in [2.24, 2.45) is 0 Å². The number of rotatable bonds is 8. The summed E-state index contributed by atoms with van der Waals surface area (Å²) in [5.41, 5.74) is 1.53. The van der Waals surface area contributed by atoms with Gasteiger partial charge in [-0.25, -0.2) is 14.3 Å². The Labute approximate surface area is 197 Å². The molecule has 0 aliphatic carbocycles. The van der Waals surface area contributed by atoms with E-state index in [2.05, 4.69) is 5.10 Å². The largest absolute Gasteiger partial charge is 0.493 e. The minimum atomic E-state index is -0.699. The molecular weight excluding hydrogens is 440 g/mol. The van der Waals surface area contributed by atoms with E-state index in [1.54, 1.807) is 36.4 Å². The predicted octanol–water partition coefficient (Wildman–Crippen LogP) is 3.64. The van der Waals surface area contributed by atoms with Crippen LogP contribution >= 0.6 is 0 Å². The Morgan fingerprint density at radius 2 is 1.65 bits per heavy atom. The van der Waals surface area contributed by atoms with Gasteiger partial charge in [-0.2, -0.15) is 5.10 Å². The molecule has 1 aromatic heterocycles. The monoisotopic (exact) mass is 466 g/mol. The van der Waals surface area contributed by atoms with Crippen LogP contribution in [0.1, 0.15) is 33.7 Å². The normalized spacial score (nSPS) is 13.9. The molecule has 0 N–H and O–H groups in total. The second-order valence-corrected chi connectivity index (χ2v) is 7.49. The first-order valence-electron chi connectivity index (χ1n) is 10.9. The third kappa shape index (κ3) is 5.11. The van der Waals surface area contributed by atoms with Gasteiger partial charge in [0, 0.05) is 12.0 Å². The van der Waals surface area contributed by atoms with Crippen LogP contribution in [0.15, 0.2) is 54.6 Å². The summed E-state index contributed by atoms with van der Waals surface area (Å²) in [5, 5.41) is 4.58. The van der Waals surface area contributed by atoms with E-state index in [-0.39, 0.29) is 17.5 Å². The van der Waals surface area contributed by atoms with Crippen LogP contribution in [0, 0.1) is 0 Å². The Kier molecular flexibility index (Phi) is 7.56. The van der Waals surface area contributed by atoms with Crippen LogP contribution in [-0.4, -0.2) is 62.0 Å². The van der Waals surface area contributed by atoms with Gasteiger partial charge in [-0.1, -0.05) is 18.2 Å². The Hall–Kier alpha value is -3.69. The van der Waals surface area contributed by atoms with Crippen LogP contribution in [0.5, 0.6) is 5.75 Å². The van der Waals surface area contributed by atoms with Gasteiger partial charge in [-0.05, 0) is 42.8 Å². The smallest absolute Gasteiger partial charge is 0.357 e. The molecular formula is C25H26N2O7. The summed E-state index contributed by atoms with van der Waals surface area (Å²) in [5.74, 6) is -0.740. The molecule has 1 saturated heterocycles. The van der Waals surface area contributed by atoms with Crippen LogP contribution in [-0.2, 0) is 18.9 Å². The van der Waals surface area contributed by atoms with Crippen LogP contribution < -0.4 is 4.74 Å². The molecule has 0 unspecified atom stereocenters. The molecule has 0 amide bonds. The van der Waals surface area contributed by atoms with E-state index in [0.29, 0.717) is 48.9 Å². The van der Waals surface area contributed by atoms with Crippen LogP contribution in [0.25, 0.3) is 16.9 Å². The van der Waals surface area contributed by atoms with Crippen LogP contribution in [0.2, 0.25) is 0 Å². The van der Waals surface area contributed by atoms with Crippen molar-refractivity contribution in [2.75, 3.05) is 34.0 Å². The zero-order valence-electron chi connectivity index (χ0n) is 19.1. The molecule has 1 aliphatic heterocycles. The highest BCUT2D eigenvalue weighted by Crippen LogP contribution is 2.30. The zero-order valence-corrected chi connectivity index (χ0v) is 19.1. The van der Waals surface area contributed by atoms with Crippen molar-refractivity contribution in [3.63, 3.8) is 0 Å². The van der Waals surface area contributed by atoms with Crippen molar-refractivity contribution in [1.29, 1.82) is 0 Å². The number of esters is 2. The van der Waals surface area contributed by atoms with Gasteiger partial charge in [0.2, 0.25) is 0 Å². The number of para-hydroxylation sites is 1. The second kappa shape index (κ2) is 11.0. The van der Waals surface area contributed by atoms with E-state index >= 15 is 0 Å². The molecule has 2 heterocycles. The van der Waals surface area contributed by atoms with E-state index in [1.165, 1.54) is 18.9 Å². The van der Waals surface area contributed by atoms with Gasteiger partial charge < -0.3 is 23.7 Å². The number of hydrogen-bond acceptors (Lipinski definition) is 8. The number of hydrogen-bond donors (Lipinski definition) is 0. The van der Waals surface area contributed by atoms with Gasteiger partial charge >= 0.3 is 11.9 Å². The molecule has 0 saturated carbocycles. The van der Waals surface area contributed by atoms with E-state index in [9.17, 15) is 9.59 Å². The highest BCUT2D eigenvalue weighted by atomic mass is 16.7. The molecule has 9 heteroatoms. The molecule has 1 fully saturated rings. The first-order valence-corrected chi connectivity index (χ1v) is 10.9. The number of benzene rings is 2. The molecule has 0 radical (unpaired) electrons. The molecule has 0 bridgehead atoms. The summed E-state index contributed by atoms with van der Waals surface area (Å²) in [6, 6.07) is 16.1. The third-order valence-electron chi connectivity index (χ3n) is 5.30. The number of ether oxygens (including phenoxy) is 5. The Morgan fingerprint density at radius 1 is 0.971 bits per heavy atom. The number of methoxy groups -OCH3 is 2. The fourth-order valence-corrected chi connectivity index (χ4v) is 3.64. The Morgan fingerprint density at radius 3 is 2.29 bits per heavy atom. The lowest BCUT2D eigenvalue weighted by Gasteiger charge is -2.23. The predicted molar refractivity (Wildman–Crippen MR) is 122 cm³/mol. The molecule has 1 aliphatic rings. The molecule has 9 nitrogen and oxygen atoms in total. The highest BCUT2D eigenvalue weighted by molar-refractivity contribution is 6.06. The number of carbonyl (C=O) groups is 2. The SMILES string of the molecule is COC(=O)c1c(-c2ccc(OCCC3OCCCO3)cc2)nn(-c2ccccc2)c1C(=O)OC. The lowest BCUT2D eigenvalue weighted by molar-refractivity contribution is -0.183. The lowest BCUT2D eigenvalue weighted by Crippen LogP contribution is -2.26. The van der Waals surface area contributed by atoms with Gasteiger partial charge in [-0.15, -0.1) is 0 Å². The van der Waals surface area contributed by atoms with Crippen molar-refractivity contribution >= 4 is 11.9 Å². The van der Waals surface area contributed by atoms with Crippen molar-refractivity contribution < 1.29 is 33.3 Å². The molecule has 0 spiro atoms. The van der Waals surface area contributed by atoms with Crippen molar-refractivity contribution in [1.82, 2.24) is 9.78 Å². The van der Waals surface area contributed by atoms with Gasteiger partial charge in [-0.3, -0.25) is 0 Å². The highest BCUT2D eigenvalue weighted by Gasteiger charge is 2.31. The van der Waals surface area contributed by atoms with Crippen LogP contribution in [0.3, 0.4) is 0 Å². The maximum atomic E-state index is 12.7. The van der Waals surface area contributed by atoms with Crippen molar-refractivity contribution in [2.45, 2.75) is 19.1 Å². The first-order chi connectivity index (χ1) is 16.6. The average Bonchev–Trinajstić information content (AvgIpc) is 3.30. The second-order valence-electron chi connectivity index (χ2n) is 7.49. The van der Waals surface area contributed by atoms with E-state index in [0.717, 1.165) is 6.42 Å². The van der Waals surface area contributed by atoms with Crippen molar-refractivity contribution in [3.8, 4) is 22.7 Å². The molecule has 2 aromatic carbocycles. The average molecular weight is 466 g/mol. The topological polar surface area (TPSA) is 98.1 Å². The zero-order chi connectivity index (χ0) is 23.9. The molecule has 0 atom stereocenters. The number of nitrogens with zero attached hydrogens (tertiary/aromatic N) is 2. The van der Waals surface area contributed by atoms with Crippen LogP contribution in [0.4, 0.5) is 0 Å². The molecule has 178 valence electrons. The fourth-order valence-electron chi connectivity index (χ4n) is 3.64. The van der Waals surface area contributed by atoms with E-state index in [1.807, 2.05) is 18.2 Å². The third-order valence-corrected chi connectivity index (χ3v) is 5.30. The van der Waals surface area contributed by atoms with Crippen molar-refractivity contribution in [3.05, 3.63) is 65.9 Å². The quantitative estimate of drug-likeness (QED) is 0.464. The van der Waals surface area contributed by atoms with Gasteiger partial charge in [0.1, 0.15) is 17.0 Å². The number of aromatic nitrogens is 2. The first kappa shape index (κ1) is 23.5. The Bertz CT molecular complexity index is 1120. The van der Waals surface area contributed by atoms with E-state index in [4.69, 9.17) is 23.7 Å². The molecule has 3 aromatic rings. The number of carbonyl (C=O) groups excluding carboxylic acids is 2. The van der Waals surface area contributed by atoms with E-state index < -0.39 is 11.9 Å². The molecule has 4 rings (SSSR count). The summed E-state index contributed by atoms with van der Waals surface area (Å²) in [4.78, 5) is 25.4. The molecule has 34 heavy (non-hydrogen) atoms. The fraction of sp³-hybridized carbons (Fsp3) is 0.320. The van der Waals surface area contributed by atoms with Gasteiger partial charge in [0.15, 0.2) is 12.0 Å².